The van der Waals surface area contributed by atoms with Crippen LogP contribution in [0.1, 0.15) is 19.3 Å². The zero-order chi connectivity index (χ0) is 27.6. The van der Waals surface area contributed by atoms with Crippen molar-refractivity contribution in [2.45, 2.75) is 44.3 Å². The van der Waals surface area contributed by atoms with Gasteiger partial charge in [0, 0.05) is 55.5 Å². The smallest absolute Gasteiger partial charge is 0.490 e. The molecule has 0 spiro atoms. The van der Waals surface area contributed by atoms with Crippen LogP contribution in [0.15, 0.2) is 54.7 Å². The van der Waals surface area contributed by atoms with Crippen LogP contribution < -0.4 is 24.0 Å². The van der Waals surface area contributed by atoms with Crippen LogP contribution in [0.3, 0.4) is 0 Å². The minimum absolute atomic E-state index is 0.230. The minimum atomic E-state index is -4.70. The number of imidazole rings is 1. The number of piperidine rings is 1. The molecule has 13 heteroatoms. The van der Waals surface area contributed by atoms with Crippen LogP contribution in [-0.2, 0) is 6.54 Å². The Labute approximate surface area is 222 Å². The Morgan fingerprint density at radius 1 is 1.05 bits per heavy atom. The Morgan fingerprint density at radius 2 is 1.72 bits per heavy atom. The predicted molar refractivity (Wildman–Crippen MR) is 137 cm³/mol. The lowest BCUT2D eigenvalue weighted by Gasteiger charge is -2.39. The Bertz CT molecular complexity index is 1270. The lowest BCUT2D eigenvalue weighted by Crippen LogP contribution is -2.43. The van der Waals surface area contributed by atoms with Crippen LogP contribution in [0.25, 0.3) is 0 Å². The van der Waals surface area contributed by atoms with Crippen molar-refractivity contribution in [1.82, 2.24) is 9.55 Å². The first-order valence-electron chi connectivity index (χ1n) is 12.6. The van der Waals surface area contributed by atoms with Gasteiger partial charge in [0.2, 0.25) is 0 Å². The second kappa shape index (κ2) is 10.9. The van der Waals surface area contributed by atoms with Crippen molar-refractivity contribution in [3.8, 4) is 17.5 Å². The number of ether oxygens (including phenoxy) is 3. The summed E-state index contributed by atoms with van der Waals surface area (Å²) in [6.45, 7) is 2.57. The third-order valence-corrected chi connectivity index (χ3v) is 7.01. The van der Waals surface area contributed by atoms with Crippen molar-refractivity contribution in [2.75, 3.05) is 36.5 Å². The lowest BCUT2D eigenvalue weighted by atomic mass is 10.0. The lowest BCUT2D eigenvalue weighted by molar-refractivity contribution is -0.389. The molecule has 0 unspecified atom stereocenters. The molecule has 0 bridgehead atoms. The first kappa shape index (κ1) is 26.4. The van der Waals surface area contributed by atoms with E-state index >= 15 is 0 Å². The molecule has 3 aromatic rings. The van der Waals surface area contributed by atoms with Gasteiger partial charge in [0.05, 0.1) is 0 Å². The molecule has 39 heavy (non-hydrogen) atoms. The molecule has 2 aliphatic rings. The van der Waals surface area contributed by atoms with Crippen LogP contribution in [0.5, 0.6) is 17.5 Å². The molecule has 1 atom stereocenters. The van der Waals surface area contributed by atoms with Gasteiger partial charge in [-0.3, -0.25) is 4.57 Å². The maximum absolute atomic E-state index is 12.4. The molecule has 0 amide bonds. The van der Waals surface area contributed by atoms with Crippen LogP contribution >= 0.6 is 0 Å². The molecule has 208 valence electrons. The Balaban J connectivity index is 1.08. The number of aryl methyl sites for hydroxylation is 1. The molecular weight excluding hydrogens is 519 g/mol. The maximum Gasteiger partial charge on any atom is 0.573 e. The molecule has 0 N–H and O–H groups in total. The molecule has 0 saturated carbocycles. The quantitative estimate of drug-likeness (QED) is 0.287. The number of benzene rings is 2. The highest BCUT2D eigenvalue weighted by molar-refractivity contribution is 5.52. The van der Waals surface area contributed by atoms with Crippen molar-refractivity contribution in [3.05, 3.63) is 64.8 Å². The van der Waals surface area contributed by atoms with Crippen molar-refractivity contribution in [3.63, 3.8) is 0 Å². The van der Waals surface area contributed by atoms with E-state index in [1.165, 1.54) is 18.3 Å². The minimum Gasteiger partial charge on any atom is -0.490 e. The summed E-state index contributed by atoms with van der Waals surface area (Å²) in [6.07, 6.45) is -1.10. The third-order valence-electron chi connectivity index (χ3n) is 7.01. The van der Waals surface area contributed by atoms with Crippen LogP contribution in [0, 0.1) is 10.1 Å². The van der Waals surface area contributed by atoms with Gasteiger partial charge in [0.15, 0.2) is 0 Å². The molecule has 2 aromatic carbocycles. The van der Waals surface area contributed by atoms with E-state index in [-0.39, 0.29) is 29.7 Å². The molecule has 3 heterocycles. The van der Waals surface area contributed by atoms with Gasteiger partial charge in [-0.05, 0) is 66.3 Å². The number of alkyl halides is 3. The second-order valence-corrected chi connectivity index (χ2v) is 9.54. The molecule has 1 fully saturated rings. The highest BCUT2D eigenvalue weighted by Crippen LogP contribution is 2.30. The Kier molecular flexibility index (Phi) is 7.40. The van der Waals surface area contributed by atoms with E-state index in [1.807, 2.05) is 31.3 Å². The molecule has 1 saturated heterocycles. The number of rotatable bonds is 8. The Morgan fingerprint density at radius 3 is 2.36 bits per heavy atom. The normalized spacial score (nSPS) is 17.7. The van der Waals surface area contributed by atoms with Crippen LogP contribution in [0.2, 0.25) is 0 Å². The molecule has 2 aliphatic heterocycles. The average Bonchev–Trinajstić information content (AvgIpc) is 3.36. The van der Waals surface area contributed by atoms with Crippen molar-refractivity contribution < 1.29 is 32.3 Å². The van der Waals surface area contributed by atoms with Crippen molar-refractivity contribution in [1.29, 1.82) is 0 Å². The van der Waals surface area contributed by atoms with E-state index in [9.17, 15) is 23.3 Å². The summed E-state index contributed by atoms with van der Waals surface area (Å²) in [5.74, 6) is 0.243. The monoisotopic (exact) mass is 547 g/mol. The second-order valence-electron chi connectivity index (χ2n) is 9.54. The fraction of sp³-hybridized carbons (Fsp3) is 0.423. The van der Waals surface area contributed by atoms with Crippen molar-refractivity contribution in [2.24, 2.45) is 0 Å². The highest BCUT2D eigenvalue weighted by atomic mass is 19.4. The molecule has 5 rings (SSSR count). The van der Waals surface area contributed by atoms with Gasteiger partial charge < -0.3 is 34.1 Å². The zero-order valence-corrected chi connectivity index (χ0v) is 21.2. The summed E-state index contributed by atoms with van der Waals surface area (Å²) < 4.78 is 54.4. The van der Waals surface area contributed by atoms with Gasteiger partial charge in [-0.2, -0.15) is 0 Å². The number of anilines is 2. The van der Waals surface area contributed by atoms with Crippen molar-refractivity contribution >= 4 is 17.2 Å². The van der Waals surface area contributed by atoms with E-state index < -0.39 is 11.3 Å². The Hall–Kier alpha value is -4.16. The van der Waals surface area contributed by atoms with Crippen LogP contribution in [-0.4, -0.2) is 59.7 Å². The molecular formula is C26H28F3N5O5. The number of nitrogens with zero attached hydrogens (tertiary/aromatic N) is 5. The third kappa shape index (κ3) is 6.47. The summed E-state index contributed by atoms with van der Waals surface area (Å²) in [4.78, 5) is 18.7. The van der Waals surface area contributed by atoms with Gasteiger partial charge in [-0.1, -0.05) is 0 Å². The number of nitro groups is 1. The zero-order valence-electron chi connectivity index (χ0n) is 21.2. The SMILES string of the molecule is CN(c1ccc(OC(F)(F)F)cc1)C1CCN(c2ccc(OC[C@H]3CCn4cc([N+](=O)[O-])nc4O3)cc2)CC1. The maximum atomic E-state index is 12.4. The fourth-order valence-electron chi connectivity index (χ4n) is 4.88. The summed E-state index contributed by atoms with van der Waals surface area (Å²) in [6, 6.07) is 14.3. The summed E-state index contributed by atoms with van der Waals surface area (Å²) >= 11 is 0. The van der Waals surface area contributed by atoms with Gasteiger partial charge >= 0.3 is 18.2 Å². The number of hydrogen-bond donors (Lipinski definition) is 0. The van der Waals surface area contributed by atoms with Gasteiger partial charge in [-0.15, -0.1) is 13.2 Å². The molecule has 1 aromatic heterocycles. The highest BCUT2D eigenvalue weighted by Gasteiger charge is 2.31. The van der Waals surface area contributed by atoms with E-state index in [4.69, 9.17) is 9.47 Å². The summed E-state index contributed by atoms with van der Waals surface area (Å²) in [7, 11) is 1.96. The predicted octanol–water partition coefficient (Wildman–Crippen LogP) is 5.03. The van der Waals surface area contributed by atoms with E-state index in [1.54, 1.807) is 16.7 Å². The topological polar surface area (TPSA) is 95.1 Å². The van der Waals surface area contributed by atoms with Gasteiger partial charge in [-0.25, -0.2) is 0 Å². The molecule has 10 nitrogen and oxygen atoms in total. The molecule has 0 aliphatic carbocycles. The first-order chi connectivity index (χ1) is 18.6. The standard InChI is InChI=1S/C26H28F3N5O5/c1-31(18-2-8-22(9-3-18)39-26(27,28)29)19-10-13-32(14-11-19)20-4-6-21(7-5-20)37-17-23-12-15-33-16-24(34(35)36)30-25(33)38-23/h2-9,16,19,23H,10-15,17H2,1H3/t23-/m1/s1. The van der Waals surface area contributed by atoms with Gasteiger partial charge in [0.1, 0.15) is 30.4 Å². The largest absolute Gasteiger partial charge is 0.573 e. The van der Waals surface area contributed by atoms with Gasteiger partial charge in [0.25, 0.3) is 0 Å². The van der Waals surface area contributed by atoms with E-state index in [0.717, 1.165) is 37.3 Å². The molecule has 0 radical (unpaired) electrons. The van der Waals surface area contributed by atoms with E-state index in [0.29, 0.717) is 25.3 Å². The van der Waals surface area contributed by atoms with E-state index in [2.05, 4.69) is 19.5 Å². The van der Waals surface area contributed by atoms with Crippen LogP contribution in [0.4, 0.5) is 30.4 Å². The summed E-state index contributed by atoms with van der Waals surface area (Å²) in [5.41, 5.74) is 1.92. The first-order valence-corrected chi connectivity index (χ1v) is 12.6. The number of fused-ring (bicyclic) bond motifs is 1. The fourth-order valence-corrected chi connectivity index (χ4v) is 4.88. The number of aromatic nitrogens is 2. The summed E-state index contributed by atoms with van der Waals surface area (Å²) in [5, 5.41) is 10.9. The number of halogens is 3. The number of hydrogen-bond acceptors (Lipinski definition) is 8. The average molecular weight is 548 g/mol.